The van der Waals surface area contributed by atoms with Crippen LogP contribution in [0.1, 0.15) is 18.9 Å². The summed E-state index contributed by atoms with van der Waals surface area (Å²) in [6.45, 7) is 2.77. The van der Waals surface area contributed by atoms with Gasteiger partial charge >= 0.3 is 5.97 Å². The van der Waals surface area contributed by atoms with Gasteiger partial charge in [0.05, 0.1) is 13.0 Å². The predicted molar refractivity (Wildman–Crippen MR) is 61.2 cm³/mol. The maximum absolute atomic E-state index is 10.4. The summed E-state index contributed by atoms with van der Waals surface area (Å²) < 4.78 is 5.46. The van der Waals surface area contributed by atoms with Gasteiger partial charge in [0, 0.05) is 12.5 Å². The zero-order chi connectivity index (χ0) is 12.0. The summed E-state index contributed by atoms with van der Waals surface area (Å²) in [7, 11) is 0. The molecule has 1 rings (SSSR count). The van der Waals surface area contributed by atoms with E-state index in [-0.39, 0.29) is 12.3 Å². The normalized spacial score (nSPS) is 12.1. The minimum atomic E-state index is -0.797. The third kappa shape index (κ3) is 4.31. The van der Waals surface area contributed by atoms with Gasteiger partial charge in [-0.1, -0.05) is 19.1 Å². The number of benzene rings is 1. The first-order valence-corrected chi connectivity index (χ1v) is 5.25. The van der Waals surface area contributed by atoms with Crippen molar-refractivity contribution in [3.8, 4) is 5.75 Å². The molecule has 1 aromatic carbocycles. The van der Waals surface area contributed by atoms with Crippen molar-refractivity contribution in [2.45, 2.75) is 19.9 Å². The van der Waals surface area contributed by atoms with E-state index in [0.717, 1.165) is 11.3 Å². The Hall–Kier alpha value is -1.55. The van der Waals surface area contributed by atoms with Gasteiger partial charge in [0.2, 0.25) is 0 Å². The fourth-order valence-electron chi connectivity index (χ4n) is 1.32. The second-order valence-corrected chi connectivity index (χ2v) is 3.86. The Bertz CT molecular complexity index is 335. The number of rotatable bonds is 6. The van der Waals surface area contributed by atoms with Crippen LogP contribution in [0.5, 0.6) is 5.75 Å². The number of carboxylic acids is 1. The molecule has 1 aromatic rings. The first kappa shape index (κ1) is 12.5. The molecule has 16 heavy (non-hydrogen) atoms. The molecule has 0 aliphatic rings. The fourth-order valence-corrected chi connectivity index (χ4v) is 1.32. The summed E-state index contributed by atoms with van der Waals surface area (Å²) in [6, 6.07) is 7.49. The van der Waals surface area contributed by atoms with Crippen molar-refractivity contribution >= 4 is 5.97 Å². The highest BCUT2D eigenvalue weighted by molar-refractivity contribution is 5.66. The van der Waals surface area contributed by atoms with Crippen LogP contribution in [-0.4, -0.2) is 17.7 Å². The topological polar surface area (TPSA) is 72.5 Å². The molecule has 4 heteroatoms. The Morgan fingerprint density at radius 1 is 1.44 bits per heavy atom. The van der Waals surface area contributed by atoms with Gasteiger partial charge in [-0.3, -0.25) is 4.79 Å². The number of nitrogens with two attached hydrogens (primary N) is 1. The van der Waals surface area contributed by atoms with Gasteiger partial charge in [0.15, 0.2) is 0 Å². The van der Waals surface area contributed by atoms with Crippen LogP contribution in [0.25, 0.3) is 0 Å². The number of aliphatic carboxylic acids is 1. The van der Waals surface area contributed by atoms with E-state index in [4.69, 9.17) is 15.6 Å². The Kier molecular flexibility index (Phi) is 4.79. The van der Waals surface area contributed by atoms with Crippen molar-refractivity contribution in [3.05, 3.63) is 29.8 Å². The van der Waals surface area contributed by atoms with E-state index in [9.17, 15) is 4.79 Å². The molecular weight excluding hydrogens is 206 g/mol. The summed E-state index contributed by atoms with van der Waals surface area (Å²) in [5.41, 5.74) is 6.52. The highest BCUT2D eigenvalue weighted by Crippen LogP contribution is 2.13. The summed E-state index contributed by atoms with van der Waals surface area (Å²) in [5.74, 6) is -0.0456. The van der Waals surface area contributed by atoms with Crippen molar-refractivity contribution < 1.29 is 14.6 Å². The molecular formula is C12H17NO3. The van der Waals surface area contributed by atoms with E-state index in [2.05, 4.69) is 0 Å². The summed E-state index contributed by atoms with van der Waals surface area (Å²) in [6.07, 6.45) is 0.126. The lowest BCUT2D eigenvalue weighted by Crippen LogP contribution is -2.12. The number of carbonyl (C=O) groups is 1. The molecule has 0 aromatic heterocycles. The largest absolute Gasteiger partial charge is 0.493 e. The van der Waals surface area contributed by atoms with E-state index >= 15 is 0 Å². The van der Waals surface area contributed by atoms with E-state index in [1.165, 1.54) is 0 Å². The van der Waals surface area contributed by atoms with Crippen LogP contribution in [0.15, 0.2) is 24.3 Å². The third-order valence-electron chi connectivity index (χ3n) is 2.22. The molecule has 4 nitrogen and oxygen atoms in total. The molecule has 0 saturated heterocycles. The van der Waals surface area contributed by atoms with Crippen LogP contribution >= 0.6 is 0 Å². The van der Waals surface area contributed by atoms with Crippen LogP contribution in [-0.2, 0) is 11.3 Å². The fraction of sp³-hybridized carbons (Fsp3) is 0.417. The summed E-state index contributed by atoms with van der Waals surface area (Å²) in [4.78, 5) is 10.4. The molecule has 0 saturated carbocycles. The lowest BCUT2D eigenvalue weighted by atomic mass is 10.1. The number of carboxylic acid groups (broad SMARTS) is 1. The van der Waals surface area contributed by atoms with Gasteiger partial charge in [-0.2, -0.15) is 0 Å². The van der Waals surface area contributed by atoms with Crippen LogP contribution in [0.4, 0.5) is 0 Å². The van der Waals surface area contributed by atoms with Crippen molar-refractivity contribution in [2.75, 3.05) is 6.61 Å². The van der Waals surface area contributed by atoms with Crippen LogP contribution in [0.3, 0.4) is 0 Å². The number of hydrogen-bond acceptors (Lipinski definition) is 3. The molecule has 1 unspecified atom stereocenters. The van der Waals surface area contributed by atoms with Gasteiger partial charge in [-0.25, -0.2) is 0 Å². The highest BCUT2D eigenvalue weighted by Gasteiger charge is 2.08. The van der Waals surface area contributed by atoms with Gasteiger partial charge < -0.3 is 15.6 Å². The van der Waals surface area contributed by atoms with Gasteiger partial charge in [-0.05, 0) is 17.7 Å². The minimum Gasteiger partial charge on any atom is -0.493 e. The lowest BCUT2D eigenvalue weighted by Gasteiger charge is -2.11. The second-order valence-electron chi connectivity index (χ2n) is 3.86. The maximum Gasteiger partial charge on any atom is 0.303 e. The molecule has 0 aliphatic carbocycles. The van der Waals surface area contributed by atoms with Crippen LogP contribution in [0, 0.1) is 5.92 Å². The van der Waals surface area contributed by atoms with E-state index in [1.807, 2.05) is 31.2 Å². The smallest absolute Gasteiger partial charge is 0.303 e. The van der Waals surface area contributed by atoms with Crippen molar-refractivity contribution in [2.24, 2.45) is 11.7 Å². The Morgan fingerprint density at radius 2 is 2.06 bits per heavy atom. The zero-order valence-corrected chi connectivity index (χ0v) is 9.35. The number of hydrogen-bond donors (Lipinski definition) is 2. The average molecular weight is 223 g/mol. The highest BCUT2D eigenvalue weighted by atomic mass is 16.5. The molecule has 0 heterocycles. The van der Waals surface area contributed by atoms with Crippen molar-refractivity contribution in [1.29, 1.82) is 0 Å². The summed E-state index contributed by atoms with van der Waals surface area (Å²) >= 11 is 0. The Balaban J connectivity index is 2.39. The molecule has 0 fully saturated rings. The lowest BCUT2D eigenvalue weighted by molar-refractivity contribution is -0.138. The first-order valence-electron chi connectivity index (χ1n) is 5.25. The quantitative estimate of drug-likeness (QED) is 0.768. The average Bonchev–Trinajstić information content (AvgIpc) is 2.26. The van der Waals surface area contributed by atoms with Crippen molar-refractivity contribution in [1.82, 2.24) is 0 Å². The van der Waals surface area contributed by atoms with E-state index < -0.39 is 5.97 Å². The van der Waals surface area contributed by atoms with Gasteiger partial charge in [-0.15, -0.1) is 0 Å². The zero-order valence-electron chi connectivity index (χ0n) is 9.35. The van der Waals surface area contributed by atoms with E-state index in [1.54, 1.807) is 0 Å². The van der Waals surface area contributed by atoms with Crippen LogP contribution in [0.2, 0.25) is 0 Å². The monoisotopic (exact) mass is 223 g/mol. The van der Waals surface area contributed by atoms with Gasteiger partial charge in [0.25, 0.3) is 0 Å². The molecule has 0 radical (unpaired) electrons. The van der Waals surface area contributed by atoms with Gasteiger partial charge in [0.1, 0.15) is 5.75 Å². The second kappa shape index (κ2) is 6.12. The number of ether oxygens (including phenoxy) is 1. The first-order chi connectivity index (χ1) is 7.61. The molecule has 0 spiro atoms. The van der Waals surface area contributed by atoms with Crippen LogP contribution < -0.4 is 10.5 Å². The molecule has 0 bridgehead atoms. The minimum absolute atomic E-state index is 0.00619. The third-order valence-corrected chi connectivity index (χ3v) is 2.22. The standard InChI is InChI=1S/C12H17NO3/c1-9(6-12(14)15)8-16-11-4-2-10(7-13)3-5-11/h2-5,9H,6-8,13H2,1H3,(H,14,15). The van der Waals surface area contributed by atoms with E-state index in [0.29, 0.717) is 13.2 Å². The Labute approximate surface area is 95.0 Å². The predicted octanol–water partition coefficient (Wildman–Crippen LogP) is 1.63. The summed E-state index contributed by atoms with van der Waals surface area (Å²) in [5, 5.41) is 8.58. The SMILES string of the molecule is CC(COc1ccc(CN)cc1)CC(=O)O. The molecule has 0 aliphatic heterocycles. The molecule has 1 atom stereocenters. The molecule has 3 N–H and O–H groups in total. The molecule has 0 amide bonds. The Morgan fingerprint density at radius 3 is 2.56 bits per heavy atom. The maximum atomic E-state index is 10.4. The molecule has 88 valence electrons. The van der Waals surface area contributed by atoms with Crippen molar-refractivity contribution in [3.63, 3.8) is 0 Å².